The number of H-pyrrole nitrogens is 1. The number of benzene rings is 1. The number of ether oxygens (including phenoxy) is 1. The van der Waals surface area contributed by atoms with Gasteiger partial charge < -0.3 is 15.5 Å². The van der Waals surface area contributed by atoms with Crippen molar-refractivity contribution in [1.29, 1.82) is 0 Å². The molecule has 4 nitrogen and oxygen atoms in total. The minimum absolute atomic E-state index is 0.193. The molecule has 0 saturated heterocycles. The molecule has 0 bridgehead atoms. The lowest BCUT2D eigenvalue weighted by Crippen LogP contribution is -2.15. The average Bonchev–Trinajstić information content (AvgIpc) is 2.72. The van der Waals surface area contributed by atoms with E-state index in [1.165, 1.54) is 7.11 Å². The SMILES string of the molecule is COC(=O)C[C@H](N)c1c[nH]c2ccccc12. The molecule has 2 aromatic rings. The predicted molar refractivity (Wildman–Crippen MR) is 61.9 cm³/mol. The van der Waals surface area contributed by atoms with E-state index in [2.05, 4.69) is 9.72 Å². The Morgan fingerprint density at radius 2 is 2.25 bits per heavy atom. The van der Waals surface area contributed by atoms with Crippen LogP contribution >= 0.6 is 0 Å². The van der Waals surface area contributed by atoms with Gasteiger partial charge in [0.2, 0.25) is 0 Å². The Morgan fingerprint density at radius 1 is 1.50 bits per heavy atom. The molecule has 1 aromatic carbocycles. The fourth-order valence-electron chi connectivity index (χ4n) is 1.77. The number of nitrogens with two attached hydrogens (primary N) is 1. The van der Waals surface area contributed by atoms with Crippen molar-refractivity contribution in [3.63, 3.8) is 0 Å². The van der Waals surface area contributed by atoms with Gasteiger partial charge in [0.15, 0.2) is 0 Å². The van der Waals surface area contributed by atoms with Crippen molar-refractivity contribution in [3.8, 4) is 0 Å². The highest BCUT2D eigenvalue weighted by atomic mass is 16.5. The fraction of sp³-hybridized carbons (Fsp3) is 0.250. The van der Waals surface area contributed by atoms with Crippen LogP contribution < -0.4 is 5.73 Å². The monoisotopic (exact) mass is 218 g/mol. The Bertz CT molecular complexity index is 504. The van der Waals surface area contributed by atoms with Crippen LogP contribution in [0.5, 0.6) is 0 Å². The lowest BCUT2D eigenvalue weighted by atomic mass is 10.0. The van der Waals surface area contributed by atoms with Crippen molar-refractivity contribution in [2.75, 3.05) is 7.11 Å². The zero-order valence-corrected chi connectivity index (χ0v) is 9.07. The normalized spacial score (nSPS) is 12.6. The Balaban J connectivity index is 2.29. The first kappa shape index (κ1) is 10.7. The molecule has 2 rings (SSSR count). The van der Waals surface area contributed by atoms with Crippen LogP contribution in [0.2, 0.25) is 0 Å². The van der Waals surface area contributed by atoms with Crippen LogP contribution in [0.15, 0.2) is 30.5 Å². The molecule has 0 saturated carbocycles. The first-order valence-electron chi connectivity index (χ1n) is 5.11. The van der Waals surface area contributed by atoms with Gasteiger partial charge in [-0.2, -0.15) is 0 Å². The molecule has 16 heavy (non-hydrogen) atoms. The maximum atomic E-state index is 11.1. The molecule has 0 amide bonds. The van der Waals surface area contributed by atoms with Crippen LogP contribution in [0, 0.1) is 0 Å². The summed E-state index contributed by atoms with van der Waals surface area (Å²) >= 11 is 0. The van der Waals surface area contributed by atoms with Gasteiger partial charge in [0, 0.05) is 23.1 Å². The number of rotatable bonds is 3. The molecule has 84 valence electrons. The second kappa shape index (κ2) is 4.37. The van der Waals surface area contributed by atoms with Crippen molar-refractivity contribution >= 4 is 16.9 Å². The van der Waals surface area contributed by atoms with Gasteiger partial charge in [0.05, 0.1) is 13.5 Å². The van der Waals surface area contributed by atoms with E-state index in [0.717, 1.165) is 16.5 Å². The molecule has 0 spiro atoms. The third-order valence-corrected chi connectivity index (χ3v) is 2.63. The summed E-state index contributed by atoms with van der Waals surface area (Å²) in [5.41, 5.74) is 7.93. The third kappa shape index (κ3) is 1.92. The second-order valence-corrected chi connectivity index (χ2v) is 3.68. The molecule has 0 aliphatic heterocycles. The van der Waals surface area contributed by atoms with Crippen molar-refractivity contribution < 1.29 is 9.53 Å². The van der Waals surface area contributed by atoms with Crippen LogP contribution in [0.4, 0.5) is 0 Å². The van der Waals surface area contributed by atoms with E-state index in [4.69, 9.17) is 5.73 Å². The summed E-state index contributed by atoms with van der Waals surface area (Å²) in [6.45, 7) is 0. The lowest BCUT2D eigenvalue weighted by molar-refractivity contribution is -0.141. The number of para-hydroxylation sites is 1. The quantitative estimate of drug-likeness (QED) is 0.771. The van der Waals surface area contributed by atoms with E-state index in [1.807, 2.05) is 30.5 Å². The van der Waals surface area contributed by atoms with Gasteiger partial charge in [-0.3, -0.25) is 4.79 Å². The zero-order chi connectivity index (χ0) is 11.5. The number of fused-ring (bicyclic) bond motifs is 1. The summed E-state index contributed by atoms with van der Waals surface area (Å²) < 4.78 is 4.60. The minimum atomic E-state index is -0.330. The summed E-state index contributed by atoms with van der Waals surface area (Å²) in [7, 11) is 1.37. The molecule has 0 aliphatic rings. The summed E-state index contributed by atoms with van der Waals surface area (Å²) in [6.07, 6.45) is 2.04. The molecule has 3 N–H and O–H groups in total. The molecule has 0 aliphatic carbocycles. The van der Waals surface area contributed by atoms with Crippen LogP contribution in [0.1, 0.15) is 18.0 Å². The van der Waals surface area contributed by atoms with Gasteiger partial charge in [0.1, 0.15) is 0 Å². The number of aromatic amines is 1. The molecular weight excluding hydrogens is 204 g/mol. The maximum Gasteiger partial charge on any atom is 0.307 e. The predicted octanol–water partition coefficient (Wildman–Crippen LogP) is 1.73. The van der Waals surface area contributed by atoms with E-state index < -0.39 is 0 Å². The number of carbonyl (C=O) groups is 1. The molecule has 0 fully saturated rings. The first-order valence-corrected chi connectivity index (χ1v) is 5.11. The fourth-order valence-corrected chi connectivity index (χ4v) is 1.77. The second-order valence-electron chi connectivity index (χ2n) is 3.68. The van der Waals surface area contributed by atoms with E-state index in [-0.39, 0.29) is 18.4 Å². The van der Waals surface area contributed by atoms with Gasteiger partial charge in [-0.15, -0.1) is 0 Å². The minimum Gasteiger partial charge on any atom is -0.469 e. The van der Waals surface area contributed by atoms with Gasteiger partial charge in [-0.25, -0.2) is 0 Å². The number of carbonyl (C=O) groups excluding carboxylic acids is 1. The van der Waals surface area contributed by atoms with Crippen LogP contribution in [-0.4, -0.2) is 18.1 Å². The lowest BCUT2D eigenvalue weighted by Gasteiger charge is -2.08. The van der Waals surface area contributed by atoms with Crippen molar-refractivity contribution in [1.82, 2.24) is 4.98 Å². The Kier molecular flexibility index (Phi) is 2.92. The number of nitrogens with one attached hydrogen (secondary N) is 1. The molecule has 1 heterocycles. The number of hydrogen-bond donors (Lipinski definition) is 2. The van der Waals surface area contributed by atoms with Crippen molar-refractivity contribution in [2.45, 2.75) is 12.5 Å². The topological polar surface area (TPSA) is 68.1 Å². The number of esters is 1. The molecular formula is C12H14N2O2. The van der Waals surface area contributed by atoms with Gasteiger partial charge in [-0.1, -0.05) is 18.2 Å². The summed E-state index contributed by atoms with van der Waals surface area (Å²) in [4.78, 5) is 14.3. The van der Waals surface area contributed by atoms with Gasteiger partial charge in [-0.05, 0) is 11.6 Å². The maximum absolute atomic E-state index is 11.1. The van der Waals surface area contributed by atoms with Crippen LogP contribution in [-0.2, 0) is 9.53 Å². The average molecular weight is 218 g/mol. The number of hydrogen-bond acceptors (Lipinski definition) is 3. The van der Waals surface area contributed by atoms with Crippen molar-refractivity contribution in [2.24, 2.45) is 5.73 Å². The van der Waals surface area contributed by atoms with E-state index in [0.29, 0.717) is 0 Å². The van der Waals surface area contributed by atoms with E-state index >= 15 is 0 Å². The van der Waals surface area contributed by atoms with E-state index in [1.54, 1.807) is 0 Å². The molecule has 1 aromatic heterocycles. The van der Waals surface area contributed by atoms with Gasteiger partial charge >= 0.3 is 5.97 Å². The molecule has 0 unspecified atom stereocenters. The Labute approximate surface area is 93.4 Å². The van der Waals surface area contributed by atoms with Crippen molar-refractivity contribution in [3.05, 3.63) is 36.0 Å². The third-order valence-electron chi connectivity index (χ3n) is 2.63. The highest BCUT2D eigenvalue weighted by Crippen LogP contribution is 2.24. The molecule has 0 radical (unpaired) electrons. The summed E-state index contributed by atoms with van der Waals surface area (Å²) in [5.74, 6) is -0.294. The largest absolute Gasteiger partial charge is 0.469 e. The van der Waals surface area contributed by atoms with Crippen LogP contribution in [0.25, 0.3) is 10.9 Å². The van der Waals surface area contributed by atoms with Gasteiger partial charge in [0.25, 0.3) is 0 Å². The summed E-state index contributed by atoms with van der Waals surface area (Å²) in [6, 6.07) is 7.53. The highest BCUT2D eigenvalue weighted by Gasteiger charge is 2.15. The Morgan fingerprint density at radius 3 is 3.00 bits per heavy atom. The standard InChI is InChI=1S/C12H14N2O2/c1-16-12(15)6-10(13)9-7-14-11-5-3-2-4-8(9)11/h2-5,7,10,14H,6,13H2,1H3/t10-/m0/s1. The van der Waals surface area contributed by atoms with Crippen LogP contribution in [0.3, 0.4) is 0 Å². The number of methoxy groups -OCH3 is 1. The van der Waals surface area contributed by atoms with E-state index in [9.17, 15) is 4.79 Å². The molecule has 1 atom stereocenters. The summed E-state index contributed by atoms with van der Waals surface area (Å²) in [5, 5.41) is 1.05. The smallest absolute Gasteiger partial charge is 0.307 e. The highest BCUT2D eigenvalue weighted by molar-refractivity contribution is 5.84. The Hall–Kier alpha value is -1.81. The zero-order valence-electron chi connectivity index (χ0n) is 9.07. The molecule has 4 heteroatoms. The number of aromatic nitrogens is 1. The first-order chi connectivity index (χ1) is 7.72.